The average Bonchev–Trinajstić information content (AvgIpc) is 2.96. The fourth-order valence-corrected chi connectivity index (χ4v) is 2.72. The van der Waals surface area contributed by atoms with Gasteiger partial charge in [0.15, 0.2) is 0 Å². The molecule has 1 atom stereocenters. The molecule has 1 N–H and O–H groups in total. The van der Waals surface area contributed by atoms with Crippen LogP contribution in [0.3, 0.4) is 0 Å². The second-order valence-electron chi connectivity index (χ2n) is 6.68. The molecule has 3 nitrogen and oxygen atoms in total. The zero-order valence-electron chi connectivity index (χ0n) is 12.2. The summed E-state index contributed by atoms with van der Waals surface area (Å²) in [7, 11) is 0. The normalized spacial score (nSPS) is 19.3. The van der Waals surface area contributed by atoms with Crippen molar-refractivity contribution in [2.45, 2.75) is 71.5 Å². The first-order valence-electron chi connectivity index (χ1n) is 7.24. The van der Waals surface area contributed by atoms with Gasteiger partial charge >= 0.3 is 0 Å². The Bertz CT molecular complexity index is 369. The predicted octanol–water partition coefficient (Wildman–Crippen LogP) is 3.31. The summed E-state index contributed by atoms with van der Waals surface area (Å²) >= 11 is 0. The lowest BCUT2D eigenvalue weighted by atomic mass is 10.00. The summed E-state index contributed by atoms with van der Waals surface area (Å²) in [6.45, 7) is 9.80. The van der Waals surface area contributed by atoms with E-state index in [1.807, 2.05) is 10.9 Å². The average molecular weight is 249 g/mol. The Morgan fingerprint density at radius 2 is 2.06 bits per heavy atom. The molecule has 1 aliphatic rings. The van der Waals surface area contributed by atoms with Crippen LogP contribution in [0.2, 0.25) is 0 Å². The van der Waals surface area contributed by atoms with E-state index in [4.69, 9.17) is 0 Å². The number of aromatic nitrogens is 2. The largest absolute Gasteiger partial charge is 0.310 e. The first-order chi connectivity index (χ1) is 8.47. The van der Waals surface area contributed by atoms with Gasteiger partial charge < -0.3 is 5.32 Å². The summed E-state index contributed by atoms with van der Waals surface area (Å²) in [6.07, 6.45) is 9.77. The van der Waals surface area contributed by atoms with Crippen molar-refractivity contribution in [3.63, 3.8) is 0 Å². The monoisotopic (exact) mass is 249 g/mol. The van der Waals surface area contributed by atoms with E-state index in [2.05, 4.69) is 44.3 Å². The smallest absolute Gasteiger partial charge is 0.0543 e. The van der Waals surface area contributed by atoms with E-state index in [1.165, 1.54) is 31.2 Å². The zero-order valence-corrected chi connectivity index (χ0v) is 12.2. The molecule has 0 spiro atoms. The summed E-state index contributed by atoms with van der Waals surface area (Å²) in [6, 6.07) is 0.630. The maximum Gasteiger partial charge on any atom is 0.0543 e. The molecule has 18 heavy (non-hydrogen) atoms. The Labute approximate surface area is 111 Å². The molecule has 1 saturated carbocycles. The molecule has 3 heteroatoms. The van der Waals surface area contributed by atoms with Crippen molar-refractivity contribution in [1.82, 2.24) is 15.1 Å². The lowest BCUT2D eigenvalue weighted by molar-refractivity contribution is 0.354. The van der Waals surface area contributed by atoms with Gasteiger partial charge in [0.1, 0.15) is 0 Å². The zero-order chi connectivity index (χ0) is 13.2. The summed E-state index contributed by atoms with van der Waals surface area (Å²) in [5.74, 6) is 0.877. The van der Waals surface area contributed by atoms with Crippen molar-refractivity contribution in [1.29, 1.82) is 0 Å². The van der Waals surface area contributed by atoms with Crippen molar-refractivity contribution in [2.75, 3.05) is 0 Å². The van der Waals surface area contributed by atoms with Crippen molar-refractivity contribution >= 4 is 0 Å². The van der Waals surface area contributed by atoms with Crippen LogP contribution in [-0.4, -0.2) is 15.8 Å². The quantitative estimate of drug-likeness (QED) is 0.887. The molecular formula is C15H27N3. The molecule has 0 saturated heterocycles. The van der Waals surface area contributed by atoms with Crippen LogP contribution in [0.5, 0.6) is 0 Å². The van der Waals surface area contributed by atoms with Gasteiger partial charge in [-0.3, -0.25) is 4.68 Å². The van der Waals surface area contributed by atoms with E-state index in [0.717, 1.165) is 12.5 Å². The summed E-state index contributed by atoms with van der Waals surface area (Å²) in [5.41, 5.74) is 1.37. The molecule has 1 unspecified atom stereocenters. The molecule has 1 heterocycles. The van der Waals surface area contributed by atoms with Crippen LogP contribution in [0.4, 0.5) is 0 Å². The number of hydrogen-bond donors (Lipinski definition) is 1. The lowest BCUT2D eigenvalue weighted by Gasteiger charge is -2.20. The fourth-order valence-electron chi connectivity index (χ4n) is 2.72. The molecule has 102 valence electrons. The van der Waals surface area contributed by atoms with E-state index < -0.39 is 0 Å². The summed E-state index contributed by atoms with van der Waals surface area (Å²) in [4.78, 5) is 0. The molecule has 0 bridgehead atoms. The number of nitrogens with one attached hydrogen (secondary N) is 1. The van der Waals surface area contributed by atoms with Crippen LogP contribution < -0.4 is 5.32 Å². The Balaban J connectivity index is 1.84. The van der Waals surface area contributed by atoms with Gasteiger partial charge in [0.05, 0.1) is 11.7 Å². The molecule has 1 aromatic heterocycles. The topological polar surface area (TPSA) is 29.9 Å². The van der Waals surface area contributed by atoms with Gasteiger partial charge in [-0.05, 0) is 46.5 Å². The molecular weight excluding hydrogens is 222 g/mol. The number of rotatable bonds is 4. The highest BCUT2D eigenvalue weighted by Crippen LogP contribution is 2.27. The van der Waals surface area contributed by atoms with Crippen molar-refractivity contribution in [2.24, 2.45) is 5.92 Å². The SMILES string of the molecule is CC(NCc1cnn(C(C)(C)C)c1)C1CCCC1. The van der Waals surface area contributed by atoms with Gasteiger partial charge in [0, 0.05) is 24.3 Å². The van der Waals surface area contributed by atoms with E-state index in [9.17, 15) is 0 Å². The molecule has 1 aromatic rings. The second kappa shape index (κ2) is 5.43. The Kier molecular flexibility index (Phi) is 4.10. The summed E-state index contributed by atoms with van der Waals surface area (Å²) < 4.78 is 2.05. The molecule has 1 fully saturated rings. The maximum atomic E-state index is 4.44. The van der Waals surface area contributed by atoms with Crippen molar-refractivity contribution < 1.29 is 0 Å². The first kappa shape index (κ1) is 13.6. The molecule has 2 rings (SSSR count). The molecule has 1 aliphatic carbocycles. The van der Waals surface area contributed by atoms with Gasteiger partial charge in [-0.2, -0.15) is 5.10 Å². The fraction of sp³-hybridized carbons (Fsp3) is 0.800. The van der Waals surface area contributed by atoms with E-state index >= 15 is 0 Å². The Hall–Kier alpha value is -0.830. The number of nitrogens with zero attached hydrogens (tertiary/aromatic N) is 2. The molecule has 0 aliphatic heterocycles. The highest BCUT2D eigenvalue weighted by molar-refractivity contribution is 5.05. The van der Waals surface area contributed by atoms with E-state index in [-0.39, 0.29) is 5.54 Å². The van der Waals surface area contributed by atoms with Crippen molar-refractivity contribution in [3.05, 3.63) is 18.0 Å². The van der Waals surface area contributed by atoms with Crippen LogP contribution in [0.15, 0.2) is 12.4 Å². The maximum absolute atomic E-state index is 4.44. The first-order valence-corrected chi connectivity index (χ1v) is 7.24. The second-order valence-corrected chi connectivity index (χ2v) is 6.68. The third-order valence-electron chi connectivity index (χ3n) is 4.06. The van der Waals surface area contributed by atoms with Crippen LogP contribution in [0.25, 0.3) is 0 Å². The van der Waals surface area contributed by atoms with Gasteiger partial charge in [0.25, 0.3) is 0 Å². The minimum atomic E-state index is 0.0787. The highest BCUT2D eigenvalue weighted by atomic mass is 15.3. The van der Waals surface area contributed by atoms with Crippen LogP contribution in [0.1, 0.15) is 58.9 Å². The minimum Gasteiger partial charge on any atom is -0.310 e. The standard InChI is InChI=1S/C15H27N3/c1-12(14-7-5-6-8-14)16-9-13-10-17-18(11-13)15(2,3)4/h10-12,14,16H,5-9H2,1-4H3. The predicted molar refractivity (Wildman–Crippen MR) is 75.5 cm³/mol. The van der Waals surface area contributed by atoms with Gasteiger partial charge in [-0.1, -0.05) is 12.8 Å². The van der Waals surface area contributed by atoms with E-state index in [0.29, 0.717) is 6.04 Å². The lowest BCUT2D eigenvalue weighted by Crippen LogP contribution is -2.31. The van der Waals surface area contributed by atoms with Gasteiger partial charge in [-0.25, -0.2) is 0 Å². The van der Waals surface area contributed by atoms with Gasteiger partial charge in [0.2, 0.25) is 0 Å². The Morgan fingerprint density at radius 3 is 2.61 bits per heavy atom. The molecule has 0 amide bonds. The third kappa shape index (κ3) is 3.35. The van der Waals surface area contributed by atoms with E-state index in [1.54, 1.807) is 0 Å². The summed E-state index contributed by atoms with van der Waals surface area (Å²) in [5, 5.41) is 8.09. The minimum absolute atomic E-state index is 0.0787. The molecule has 0 aromatic carbocycles. The third-order valence-corrected chi connectivity index (χ3v) is 4.06. The molecule has 0 radical (unpaired) electrons. The van der Waals surface area contributed by atoms with Crippen LogP contribution >= 0.6 is 0 Å². The Morgan fingerprint density at radius 1 is 1.39 bits per heavy atom. The van der Waals surface area contributed by atoms with Crippen LogP contribution in [0, 0.1) is 5.92 Å². The number of hydrogen-bond acceptors (Lipinski definition) is 2. The van der Waals surface area contributed by atoms with Crippen LogP contribution in [-0.2, 0) is 12.1 Å². The highest BCUT2D eigenvalue weighted by Gasteiger charge is 2.21. The van der Waals surface area contributed by atoms with Crippen molar-refractivity contribution in [3.8, 4) is 0 Å². The van der Waals surface area contributed by atoms with Gasteiger partial charge in [-0.15, -0.1) is 0 Å².